The van der Waals surface area contributed by atoms with E-state index in [4.69, 9.17) is 33.4 Å². The zero-order chi connectivity index (χ0) is 30.5. The van der Waals surface area contributed by atoms with Gasteiger partial charge in [-0.2, -0.15) is 0 Å². The molecule has 1 atom stereocenters. The van der Waals surface area contributed by atoms with Crippen molar-refractivity contribution in [1.29, 1.82) is 0 Å². The molecule has 4 nitrogen and oxygen atoms in total. The lowest BCUT2D eigenvalue weighted by Crippen LogP contribution is -2.17. The van der Waals surface area contributed by atoms with Gasteiger partial charge in [-0.15, -0.1) is 0 Å². The van der Waals surface area contributed by atoms with Crippen LogP contribution in [0.3, 0.4) is 0 Å². The van der Waals surface area contributed by atoms with Crippen molar-refractivity contribution in [3.63, 3.8) is 0 Å². The smallest absolute Gasteiger partial charge is 0.160 e. The number of hydrogen-bond acceptors (Lipinski definition) is 4. The number of ether oxygens (including phenoxy) is 3. The molecule has 0 aliphatic carbocycles. The van der Waals surface area contributed by atoms with E-state index in [-0.39, 0.29) is 11.3 Å². The van der Waals surface area contributed by atoms with Gasteiger partial charge in [-0.1, -0.05) is 24.5 Å². The van der Waals surface area contributed by atoms with Crippen molar-refractivity contribution in [2.45, 2.75) is 38.5 Å². The van der Waals surface area contributed by atoms with Crippen LogP contribution in [0.4, 0.5) is 0 Å². The summed E-state index contributed by atoms with van der Waals surface area (Å²) in [6, 6.07) is -4.60. The molecule has 0 radical (unpaired) electrons. The van der Waals surface area contributed by atoms with Gasteiger partial charge >= 0.3 is 0 Å². The topological polar surface area (TPSA) is 47.9 Å². The number of benzene rings is 2. The summed E-state index contributed by atoms with van der Waals surface area (Å²) in [5.41, 5.74) is -0.963. The summed E-state index contributed by atoms with van der Waals surface area (Å²) in [6.07, 6.45) is -14.6. The minimum absolute atomic E-state index is 0.0341. The van der Waals surface area contributed by atoms with Gasteiger partial charge in [-0.05, 0) is 61.3 Å². The van der Waals surface area contributed by atoms with E-state index in [2.05, 4.69) is 0 Å². The van der Waals surface area contributed by atoms with Crippen LogP contribution in [-0.4, -0.2) is 32.0 Å². The van der Waals surface area contributed by atoms with Crippen LogP contribution >= 0.6 is 0 Å². The molecule has 0 saturated carbocycles. The Hall–Kier alpha value is -2.20. The molecule has 0 saturated heterocycles. The van der Waals surface area contributed by atoms with Crippen molar-refractivity contribution in [3.05, 3.63) is 53.4 Å². The number of aliphatic hydroxyl groups is 1. The highest BCUT2D eigenvalue weighted by atomic mass is 16.5. The monoisotopic (exact) mass is 358 g/mol. The van der Waals surface area contributed by atoms with Crippen molar-refractivity contribution in [2.75, 3.05) is 20.8 Å². The van der Waals surface area contributed by atoms with Crippen molar-refractivity contribution < 1.29 is 38.5 Å². The Balaban J connectivity index is 2.47. The zero-order valence-electron chi connectivity index (χ0n) is 28.1. The van der Waals surface area contributed by atoms with Crippen LogP contribution in [0.1, 0.15) is 49.5 Å². The molecular weight excluding hydrogens is 316 g/mol. The maximum absolute atomic E-state index is 10.6. The van der Waals surface area contributed by atoms with Crippen LogP contribution in [0.5, 0.6) is 17.2 Å². The van der Waals surface area contributed by atoms with E-state index < -0.39 is 97.6 Å². The molecule has 1 unspecified atom stereocenters. The highest BCUT2D eigenvalue weighted by Gasteiger charge is 2.07. The van der Waals surface area contributed by atoms with E-state index in [0.29, 0.717) is 0 Å². The Kier molecular flexibility index (Phi) is 3.02. The Labute approximate surface area is 170 Å². The fourth-order valence-corrected chi connectivity index (χ4v) is 1.68. The molecule has 0 spiro atoms. The van der Waals surface area contributed by atoms with Gasteiger partial charge in [0, 0.05) is 8.22 Å². The average Bonchev–Trinajstić information content (AvgIpc) is 2.82. The lowest BCUT2D eigenvalue weighted by Gasteiger charge is -2.13. The van der Waals surface area contributed by atoms with Gasteiger partial charge < -0.3 is 19.3 Å². The highest BCUT2D eigenvalue weighted by molar-refractivity contribution is 5.42. The molecule has 4 heteroatoms. The van der Waals surface area contributed by atoms with Gasteiger partial charge in [0.05, 0.1) is 31.3 Å². The summed E-state index contributed by atoms with van der Waals surface area (Å²) >= 11 is 0. The molecule has 0 fully saturated rings. The van der Waals surface area contributed by atoms with Gasteiger partial charge in [-0.25, -0.2) is 0 Å². The fourth-order valence-electron chi connectivity index (χ4n) is 1.68. The Morgan fingerprint density at radius 2 is 1.96 bits per heavy atom. The van der Waals surface area contributed by atoms with Gasteiger partial charge in [-0.3, -0.25) is 0 Å². The van der Waals surface area contributed by atoms with Crippen molar-refractivity contribution in [1.82, 2.24) is 0 Å². The quantitative estimate of drug-likeness (QED) is 0.693. The number of hydrogen-bond donors (Lipinski definition) is 1. The van der Waals surface area contributed by atoms with E-state index in [1.807, 2.05) is 0 Å². The average molecular weight is 359 g/mol. The van der Waals surface area contributed by atoms with Crippen LogP contribution in [0, 0.1) is 6.92 Å². The lowest BCUT2D eigenvalue weighted by molar-refractivity contribution is 0.0976. The Morgan fingerprint density at radius 1 is 1.16 bits per heavy atom. The summed E-state index contributed by atoms with van der Waals surface area (Å²) in [5.74, 6) is -1.39. The summed E-state index contributed by atoms with van der Waals surface area (Å²) in [6.45, 7) is 0.0586. The second-order valence-corrected chi connectivity index (χ2v) is 4.66. The first-order valence-corrected chi connectivity index (χ1v) is 7.25. The molecule has 2 aromatic carbocycles. The number of rotatable bonds is 10. The van der Waals surface area contributed by atoms with Crippen LogP contribution in [0.25, 0.3) is 0 Å². The summed E-state index contributed by atoms with van der Waals surface area (Å²) < 4.78 is 129. The van der Waals surface area contributed by atoms with E-state index in [1.165, 1.54) is 6.92 Å². The maximum Gasteiger partial charge on any atom is 0.160 e. The minimum atomic E-state index is -3.31. The third kappa shape index (κ3) is 6.31. The molecule has 0 aromatic heterocycles. The van der Waals surface area contributed by atoms with Crippen LogP contribution in [0.15, 0.2) is 42.3 Å². The van der Waals surface area contributed by atoms with Crippen molar-refractivity contribution in [3.8, 4) is 17.2 Å². The van der Waals surface area contributed by atoms with E-state index >= 15 is 0 Å². The molecule has 0 heterocycles. The first-order chi connectivity index (χ1) is 17.6. The lowest BCUT2D eigenvalue weighted by atomic mass is 10.0. The molecule has 0 bridgehead atoms. The Bertz CT molecular complexity index is 1230. The predicted octanol–water partition coefficient (Wildman–Crippen LogP) is 4.16. The number of methoxy groups -OCH3 is 2. The molecule has 0 amide bonds. The summed E-state index contributed by atoms with van der Waals surface area (Å²) in [5, 5.41) is 10.6. The third-order valence-corrected chi connectivity index (χ3v) is 2.83. The first-order valence-electron chi connectivity index (χ1n) is 14.3. The highest BCUT2D eigenvalue weighted by Crippen LogP contribution is 2.28. The second kappa shape index (κ2) is 9.94. The normalized spacial score (nSPS) is 22.9. The molecule has 2 aromatic rings. The van der Waals surface area contributed by atoms with Crippen LogP contribution in [0.2, 0.25) is 0 Å². The summed E-state index contributed by atoms with van der Waals surface area (Å²) in [4.78, 5) is 0. The maximum atomic E-state index is 10.6. The molecule has 2 rings (SSSR count). The van der Waals surface area contributed by atoms with Crippen molar-refractivity contribution in [2.24, 2.45) is 0 Å². The first kappa shape index (κ1) is 7.58. The van der Waals surface area contributed by atoms with Gasteiger partial charge in [0.15, 0.2) is 11.5 Å². The van der Waals surface area contributed by atoms with E-state index in [9.17, 15) is 5.11 Å². The fraction of sp³-hybridized carbons (Fsp3) is 0.429. The van der Waals surface area contributed by atoms with E-state index in [1.54, 1.807) is 0 Å². The molecular formula is C21H28O4. The molecule has 0 aliphatic heterocycles. The standard InChI is InChI=1S/C21H28O4/c1-16-7-6-10-19(13-16)25-15-18(22)9-5-4-8-17-11-12-20(23-2)21(14-17)24-3/h6-7,10-14,18,22H,4-5,8-9,15H2,1-3H3/i4D2,6D,7D,8D2,9D2,10D,11D,12D,13D,14D,18D. The van der Waals surface area contributed by atoms with Crippen molar-refractivity contribution >= 4 is 0 Å². The molecule has 0 aliphatic rings. The van der Waals surface area contributed by atoms with Crippen LogP contribution < -0.4 is 14.2 Å². The predicted molar refractivity (Wildman–Crippen MR) is 99.8 cm³/mol. The minimum Gasteiger partial charge on any atom is -0.493 e. The SMILES string of the molecule is [2H]c1c([2H])c(C)c([2H])c(OCC([2H])(O)C([2H])([2H])CC([2H])([2H])C([2H])([2H])c2c([2H])c([2H])c(OC)c(OC)c2[2H])c1[2H]. The van der Waals surface area contributed by atoms with Crippen LogP contribution in [-0.2, 0) is 6.37 Å². The second-order valence-electron chi connectivity index (χ2n) is 4.66. The third-order valence-electron chi connectivity index (χ3n) is 2.83. The zero-order valence-corrected chi connectivity index (χ0v) is 14.1. The van der Waals surface area contributed by atoms with Gasteiger partial charge in [0.2, 0.25) is 0 Å². The molecule has 136 valence electrons. The summed E-state index contributed by atoms with van der Waals surface area (Å²) in [7, 11) is 2.23. The van der Waals surface area contributed by atoms with E-state index in [0.717, 1.165) is 14.2 Å². The van der Waals surface area contributed by atoms with Gasteiger partial charge in [0.1, 0.15) is 12.4 Å². The van der Waals surface area contributed by atoms with Gasteiger partial charge in [0.25, 0.3) is 0 Å². The molecule has 25 heavy (non-hydrogen) atoms. The largest absolute Gasteiger partial charge is 0.493 e. The molecule has 1 N–H and O–H groups in total. The Morgan fingerprint density at radius 3 is 2.72 bits per heavy atom.